The molecule has 0 radical (unpaired) electrons. The molecule has 0 bridgehead atoms. The maximum Gasteiger partial charge on any atom is 0.0354 e. The van der Waals surface area contributed by atoms with Crippen LogP contribution in [0.4, 0.5) is 0 Å². The van der Waals surface area contributed by atoms with E-state index in [2.05, 4.69) is 42.1 Å². The predicted molar refractivity (Wildman–Crippen MR) is 75.0 cm³/mol. The molecule has 0 amide bonds. The summed E-state index contributed by atoms with van der Waals surface area (Å²) in [6.07, 6.45) is 10.2. The molecule has 3 nitrogen and oxygen atoms in total. The quantitative estimate of drug-likeness (QED) is 0.382. The Kier molecular flexibility index (Phi) is 3.93. The summed E-state index contributed by atoms with van der Waals surface area (Å²) >= 11 is 0. The highest BCUT2D eigenvalue weighted by Gasteiger charge is 2.27. The molecule has 2 rings (SSSR count). The van der Waals surface area contributed by atoms with Crippen molar-refractivity contribution in [2.45, 2.75) is 46.1 Å². The fraction of sp³-hybridized carbons (Fsp3) is 0.600. The van der Waals surface area contributed by atoms with Gasteiger partial charge in [0.05, 0.1) is 0 Å². The topological polar surface area (TPSA) is 48.8 Å². The molecule has 96 valence electrons. The fourth-order valence-corrected chi connectivity index (χ4v) is 3.01. The van der Waals surface area contributed by atoms with Crippen LogP contribution in [0.3, 0.4) is 0 Å². The third kappa shape index (κ3) is 2.51. The van der Waals surface area contributed by atoms with Crippen LogP contribution in [-0.2, 0) is 0 Å². The Morgan fingerprint density at radius 1 is 1.44 bits per heavy atom. The minimum atomic E-state index is 0.0619. The van der Waals surface area contributed by atoms with Crippen LogP contribution in [0.1, 0.15) is 40.0 Å². The first-order chi connectivity index (χ1) is 8.63. The van der Waals surface area contributed by atoms with E-state index >= 15 is 0 Å². The summed E-state index contributed by atoms with van der Waals surface area (Å²) < 4.78 is 0. The van der Waals surface area contributed by atoms with Crippen LogP contribution in [-0.4, -0.2) is 6.04 Å². The molecular formula is C15H21N3. The van der Waals surface area contributed by atoms with E-state index in [0.717, 1.165) is 19.3 Å². The molecule has 0 N–H and O–H groups in total. The standard InChI is InChI=1S/C15H21N3/c1-10(2)14-6-4-5-12-7-8-13(15(12)14)9-11(3)17-18-16/h6-8,10-11,13H,4-5,9H2,1-3H3/t11-,13?/m0/s1. The van der Waals surface area contributed by atoms with Crippen LogP contribution in [0.15, 0.2) is 40.1 Å². The molecule has 2 atom stereocenters. The number of hydrogen-bond acceptors (Lipinski definition) is 1. The van der Waals surface area contributed by atoms with Gasteiger partial charge < -0.3 is 0 Å². The summed E-state index contributed by atoms with van der Waals surface area (Å²) in [6, 6.07) is 0.0619. The van der Waals surface area contributed by atoms with Crippen molar-refractivity contribution in [2.24, 2.45) is 17.0 Å². The molecule has 0 aromatic carbocycles. The zero-order chi connectivity index (χ0) is 13.1. The average Bonchev–Trinajstić information content (AvgIpc) is 2.72. The molecule has 2 aliphatic rings. The van der Waals surface area contributed by atoms with E-state index in [1.165, 1.54) is 16.7 Å². The van der Waals surface area contributed by atoms with E-state index in [1.54, 1.807) is 0 Å². The molecule has 18 heavy (non-hydrogen) atoms. The van der Waals surface area contributed by atoms with Gasteiger partial charge in [0, 0.05) is 16.9 Å². The molecule has 0 saturated carbocycles. The number of nitrogens with zero attached hydrogens (tertiary/aromatic N) is 3. The minimum absolute atomic E-state index is 0.0619. The Hall–Kier alpha value is -1.47. The van der Waals surface area contributed by atoms with Crippen molar-refractivity contribution >= 4 is 0 Å². The van der Waals surface area contributed by atoms with E-state index < -0.39 is 0 Å². The van der Waals surface area contributed by atoms with Gasteiger partial charge in [-0.2, -0.15) is 0 Å². The van der Waals surface area contributed by atoms with E-state index in [1.807, 2.05) is 6.92 Å². The smallest absolute Gasteiger partial charge is 0.0354 e. The van der Waals surface area contributed by atoms with Gasteiger partial charge >= 0.3 is 0 Å². The van der Waals surface area contributed by atoms with Gasteiger partial charge in [0.1, 0.15) is 0 Å². The second kappa shape index (κ2) is 5.45. The largest absolute Gasteiger partial charge is 0.0909 e. The van der Waals surface area contributed by atoms with Crippen molar-refractivity contribution in [1.82, 2.24) is 0 Å². The van der Waals surface area contributed by atoms with Crippen LogP contribution in [0.25, 0.3) is 10.4 Å². The van der Waals surface area contributed by atoms with E-state index in [4.69, 9.17) is 5.53 Å². The van der Waals surface area contributed by atoms with Crippen molar-refractivity contribution < 1.29 is 0 Å². The summed E-state index contributed by atoms with van der Waals surface area (Å²) in [7, 11) is 0. The van der Waals surface area contributed by atoms with Crippen LogP contribution in [0.5, 0.6) is 0 Å². The number of hydrogen-bond donors (Lipinski definition) is 0. The van der Waals surface area contributed by atoms with E-state index in [-0.39, 0.29) is 6.04 Å². The van der Waals surface area contributed by atoms with E-state index in [9.17, 15) is 0 Å². The van der Waals surface area contributed by atoms with Crippen LogP contribution in [0, 0.1) is 11.8 Å². The molecule has 0 saturated heterocycles. The van der Waals surface area contributed by atoms with Crippen LogP contribution >= 0.6 is 0 Å². The Labute approximate surface area is 109 Å². The van der Waals surface area contributed by atoms with Crippen molar-refractivity contribution in [3.8, 4) is 0 Å². The number of allylic oxidation sites excluding steroid dienone is 6. The zero-order valence-electron chi connectivity index (χ0n) is 11.4. The van der Waals surface area contributed by atoms with Gasteiger partial charge in [-0.1, -0.05) is 44.1 Å². The fourth-order valence-electron chi connectivity index (χ4n) is 3.01. The molecule has 0 fully saturated rings. The first kappa shape index (κ1) is 13.0. The van der Waals surface area contributed by atoms with Gasteiger partial charge in [-0.05, 0) is 47.4 Å². The second-order valence-corrected chi connectivity index (χ2v) is 5.55. The highest BCUT2D eigenvalue weighted by atomic mass is 15.1. The third-order valence-electron chi connectivity index (χ3n) is 3.80. The summed E-state index contributed by atoms with van der Waals surface area (Å²) in [5.41, 5.74) is 13.0. The minimum Gasteiger partial charge on any atom is -0.0909 e. The van der Waals surface area contributed by atoms with Gasteiger partial charge in [-0.25, -0.2) is 0 Å². The summed E-state index contributed by atoms with van der Waals surface area (Å²) in [4.78, 5) is 2.91. The Bertz CT molecular complexity index is 462. The Morgan fingerprint density at radius 2 is 2.22 bits per heavy atom. The van der Waals surface area contributed by atoms with Gasteiger partial charge in [0.25, 0.3) is 0 Å². The van der Waals surface area contributed by atoms with Crippen molar-refractivity contribution in [1.29, 1.82) is 0 Å². The summed E-state index contributed by atoms with van der Waals surface area (Å²) in [5.74, 6) is 1.02. The predicted octanol–water partition coefficient (Wildman–Crippen LogP) is 4.93. The molecular weight excluding hydrogens is 222 g/mol. The van der Waals surface area contributed by atoms with Crippen molar-refractivity contribution in [3.63, 3.8) is 0 Å². The first-order valence-corrected chi connectivity index (χ1v) is 6.79. The maximum atomic E-state index is 8.50. The molecule has 1 unspecified atom stereocenters. The van der Waals surface area contributed by atoms with Crippen molar-refractivity contribution in [3.05, 3.63) is 45.4 Å². The van der Waals surface area contributed by atoms with Crippen molar-refractivity contribution in [2.75, 3.05) is 0 Å². The highest BCUT2D eigenvalue weighted by Crippen LogP contribution is 2.41. The number of azide groups is 1. The van der Waals surface area contributed by atoms with Gasteiger partial charge in [0.2, 0.25) is 0 Å². The molecule has 0 spiro atoms. The van der Waals surface area contributed by atoms with Crippen LogP contribution < -0.4 is 0 Å². The Balaban J connectivity index is 2.20. The Morgan fingerprint density at radius 3 is 2.89 bits per heavy atom. The molecule has 2 aliphatic carbocycles. The summed E-state index contributed by atoms with van der Waals surface area (Å²) in [6.45, 7) is 6.51. The first-order valence-electron chi connectivity index (χ1n) is 6.79. The zero-order valence-corrected chi connectivity index (χ0v) is 11.4. The van der Waals surface area contributed by atoms with Gasteiger partial charge in [0.15, 0.2) is 0 Å². The molecule has 0 heterocycles. The average molecular weight is 243 g/mol. The third-order valence-corrected chi connectivity index (χ3v) is 3.80. The monoisotopic (exact) mass is 243 g/mol. The lowest BCUT2D eigenvalue weighted by molar-refractivity contribution is 0.570. The highest BCUT2D eigenvalue weighted by molar-refractivity contribution is 5.51. The molecule has 0 aliphatic heterocycles. The van der Waals surface area contributed by atoms with E-state index in [0.29, 0.717) is 11.8 Å². The molecule has 0 aromatic rings. The van der Waals surface area contributed by atoms with Gasteiger partial charge in [-0.15, -0.1) is 0 Å². The molecule has 3 heteroatoms. The van der Waals surface area contributed by atoms with Crippen LogP contribution in [0.2, 0.25) is 0 Å². The summed E-state index contributed by atoms with van der Waals surface area (Å²) in [5, 5.41) is 3.80. The molecule has 0 aromatic heterocycles. The normalized spacial score (nSPS) is 23.8. The maximum absolute atomic E-state index is 8.50. The lowest BCUT2D eigenvalue weighted by Gasteiger charge is -2.25. The number of rotatable bonds is 4. The second-order valence-electron chi connectivity index (χ2n) is 5.55. The SMILES string of the molecule is CC(C)C1=CCCC2=C1C(C[C@H](C)N=[N+]=[N-])C=C2. The van der Waals surface area contributed by atoms with Gasteiger partial charge in [-0.3, -0.25) is 0 Å². The lowest BCUT2D eigenvalue weighted by atomic mass is 9.80. The lowest BCUT2D eigenvalue weighted by Crippen LogP contribution is -2.13.